The number of aliphatic hydroxyl groups is 1. The van der Waals surface area contributed by atoms with E-state index in [9.17, 15) is 23.4 Å². The van der Waals surface area contributed by atoms with E-state index < -0.39 is 39.0 Å². The zero-order chi connectivity index (χ0) is 17.5. The second-order valence-corrected chi connectivity index (χ2v) is 8.32. The molecule has 3 rings (SSSR count). The third-order valence-corrected chi connectivity index (χ3v) is 7.09. The van der Waals surface area contributed by atoms with Gasteiger partial charge in [0, 0.05) is 10.9 Å². The van der Waals surface area contributed by atoms with E-state index in [2.05, 4.69) is 0 Å². The van der Waals surface area contributed by atoms with Crippen molar-refractivity contribution >= 4 is 27.4 Å². The van der Waals surface area contributed by atoms with Crippen LogP contribution < -0.4 is 0 Å². The number of carbonyl (C=O) groups is 1. The fourth-order valence-electron chi connectivity index (χ4n) is 3.27. The standard InChI is InChI=1S/C17H15ClO5S/c18-12-8-6-11(7-9-12)14-15(17(14,10-19)16(20)21)24(22,23)13-4-2-1-3-5-13/h1-9,14-15,19H,10H2,(H,20,21)/t14-,15-,17+/m0/s1. The van der Waals surface area contributed by atoms with Gasteiger partial charge in [0.25, 0.3) is 0 Å². The predicted octanol–water partition coefficient (Wildman–Crippen LogP) is 2.34. The van der Waals surface area contributed by atoms with Crippen molar-refractivity contribution in [3.63, 3.8) is 0 Å². The predicted molar refractivity (Wildman–Crippen MR) is 88.8 cm³/mol. The van der Waals surface area contributed by atoms with Crippen molar-refractivity contribution < 1.29 is 23.4 Å². The van der Waals surface area contributed by atoms with Crippen LogP contribution in [0.1, 0.15) is 11.5 Å². The summed E-state index contributed by atoms with van der Waals surface area (Å²) in [4.78, 5) is 11.8. The molecule has 0 aliphatic heterocycles. The van der Waals surface area contributed by atoms with Crippen LogP contribution in [-0.4, -0.2) is 36.5 Å². The molecule has 3 atom stereocenters. The minimum Gasteiger partial charge on any atom is -0.481 e. The molecular weight excluding hydrogens is 352 g/mol. The van der Waals surface area contributed by atoms with E-state index in [1.807, 2.05) is 0 Å². The number of rotatable bonds is 5. The number of carboxylic acids is 1. The van der Waals surface area contributed by atoms with Crippen LogP contribution in [0.4, 0.5) is 0 Å². The zero-order valence-corrected chi connectivity index (χ0v) is 14.0. The highest BCUT2D eigenvalue weighted by atomic mass is 35.5. The first-order valence-corrected chi connectivity index (χ1v) is 9.17. The van der Waals surface area contributed by atoms with Crippen molar-refractivity contribution in [2.24, 2.45) is 5.41 Å². The summed E-state index contributed by atoms with van der Waals surface area (Å²) in [5.41, 5.74) is -1.22. The Bertz CT molecular complexity index is 864. The van der Waals surface area contributed by atoms with Gasteiger partial charge in [-0.15, -0.1) is 0 Å². The molecule has 0 spiro atoms. The third-order valence-electron chi connectivity index (χ3n) is 4.55. The van der Waals surface area contributed by atoms with E-state index in [0.717, 1.165) is 0 Å². The molecule has 5 nitrogen and oxygen atoms in total. The molecule has 0 unspecified atom stereocenters. The summed E-state index contributed by atoms with van der Waals surface area (Å²) in [6.45, 7) is -0.758. The van der Waals surface area contributed by atoms with Crippen LogP contribution in [0.5, 0.6) is 0 Å². The molecule has 0 bridgehead atoms. The van der Waals surface area contributed by atoms with Crippen LogP contribution in [0.3, 0.4) is 0 Å². The Morgan fingerprint density at radius 2 is 1.67 bits per heavy atom. The maximum Gasteiger partial charge on any atom is 0.314 e. The number of carboxylic acid groups (broad SMARTS) is 1. The van der Waals surface area contributed by atoms with Gasteiger partial charge in [0.05, 0.1) is 16.8 Å². The molecule has 0 saturated heterocycles. The molecule has 2 aromatic carbocycles. The van der Waals surface area contributed by atoms with Crippen LogP contribution in [0, 0.1) is 5.41 Å². The number of hydrogen-bond donors (Lipinski definition) is 2. The van der Waals surface area contributed by atoms with E-state index in [1.165, 1.54) is 12.1 Å². The molecule has 126 valence electrons. The lowest BCUT2D eigenvalue weighted by Gasteiger charge is -2.09. The molecule has 1 aliphatic carbocycles. The Labute approximate surface area is 144 Å². The smallest absolute Gasteiger partial charge is 0.314 e. The summed E-state index contributed by atoms with van der Waals surface area (Å²) >= 11 is 5.84. The Kier molecular flexibility index (Phi) is 4.15. The molecular formula is C17H15ClO5S. The molecule has 0 amide bonds. The minimum atomic E-state index is -3.91. The van der Waals surface area contributed by atoms with Crippen LogP contribution in [0.2, 0.25) is 5.02 Å². The second kappa shape index (κ2) is 5.88. The van der Waals surface area contributed by atoms with Gasteiger partial charge in [0.2, 0.25) is 0 Å². The monoisotopic (exact) mass is 366 g/mol. The second-order valence-electron chi connectivity index (χ2n) is 5.81. The molecule has 1 saturated carbocycles. The number of halogens is 1. The first-order chi connectivity index (χ1) is 11.4. The van der Waals surface area contributed by atoms with E-state index in [-0.39, 0.29) is 4.90 Å². The normalized spacial score (nSPS) is 26.1. The van der Waals surface area contributed by atoms with Crippen LogP contribution >= 0.6 is 11.6 Å². The van der Waals surface area contributed by atoms with E-state index in [1.54, 1.807) is 42.5 Å². The van der Waals surface area contributed by atoms with Gasteiger partial charge in [-0.2, -0.15) is 0 Å². The molecule has 1 fully saturated rings. The molecule has 7 heteroatoms. The van der Waals surface area contributed by atoms with Crippen molar-refractivity contribution in [1.29, 1.82) is 0 Å². The summed E-state index contributed by atoms with van der Waals surface area (Å²) in [6, 6.07) is 14.0. The van der Waals surface area contributed by atoms with Crippen LogP contribution in [0.25, 0.3) is 0 Å². The van der Waals surface area contributed by atoms with E-state index >= 15 is 0 Å². The van der Waals surface area contributed by atoms with Gasteiger partial charge in [-0.05, 0) is 29.8 Å². The van der Waals surface area contributed by atoms with Crippen molar-refractivity contribution in [2.45, 2.75) is 16.1 Å². The van der Waals surface area contributed by atoms with Gasteiger partial charge >= 0.3 is 5.97 Å². The Balaban J connectivity index is 2.11. The lowest BCUT2D eigenvalue weighted by molar-refractivity contribution is -0.145. The third kappa shape index (κ3) is 2.42. The highest BCUT2D eigenvalue weighted by molar-refractivity contribution is 7.92. The topological polar surface area (TPSA) is 91.7 Å². The zero-order valence-electron chi connectivity index (χ0n) is 12.5. The Morgan fingerprint density at radius 1 is 1.08 bits per heavy atom. The number of sulfone groups is 1. The molecule has 0 heterocycles. The molecule has 0 radical (unpaired) electrons. The molecule has 2 N–H and O–H groups in total. The Morgan fingerprint density at radius 3 is 2.17 bits per heavy atom. The maximum absolute atomic E-state index is 12.9. The average Bonchev–Trinajstić information content (AvgIpc) is 3.28. The summed E-state index contributed by atoms with van der Waals surface area (Å²) < 4.78 is 25.8. The van der Waals surface area contributed by atoms with Gasteiger partial charge in [-0.25, -0.2) is 8.42 Å². The summed E-state index contributed by atoms with van der Waals surface area (Å²) in [5.74, 6) is -2.16. The van der Waals surface area contributed by atoms with Gasteiger partial charge in [0.15, 0.2) is 9.84 Å². The van der Waals surface area contributed by atoms with Gasteiger partial charge in [0.1, 0.15) is 5.41 Å². The van der Waals surface area contributed by atoms with Crippen molar-refractivity contribution in [3.05, 3.63) is 65.2 Å². The first kappa shape index (κ1) is 17.0. The lowest BCUT2D eigenvalue weighted by atomic mass is 10.0. The van der Waals surface area contributed by atoms with Gasteiger partial charge < -0.3 is 10.2 Å². The molecule has 2 aromatic rings. The number of benzene rings is 2. The Hall–Kier alpha value is -1.89. The summed E-state index contributed by atoms with van der Waals surface area (Å²) in [5, 5.41) is 18.6. The average molecular weight is 367 g/mol. The maximum atomic E-state index is 12.9. The number of hydrogen-bond acceptors (Lipinski definition) is 4. The minimum absolute atomic E-state index is 0.0468. The quantitative estimate of drug-likeness (QED) is 0.847. The summed E-state index contributed by atoms with van der Waals surface area (Å²) in [7, 11) is -3.91. The fraction of sp³-hybridized carbons (Fsp3) is 0.235. The SMILES string of the molecule is O=C(O)[C@]1(CO)[C@@H](c2ccc(Cl)cc2)[C@@H]1S(=O)(=O)c1ccccc1. The molecule has 24 heavy (non-hydrogen) atoms. The van der Waals surface area contributed by atoms with Crippen molar-refractivity contribution in [1.82, 2.24) is 0 Å². The molecule has 0 aromatic heterocycles. The van der Waals surface area contributed by atoms with Crippen LogP contribution in [-0.2, 0) is 14.6 Å². The first-order valence-electron chi connectivity index (χ1n) is 7.24. The van der Waals surface area contributed by atoms with E-state index in [0.29, 0.717) is 10.6 Å². The number of aliphatic carboxylic acids is 1. The fourth-order valence-corrected chi connectivity index (χ4v) is 5.78. The highest BCUT2D eigenvalue weighted by Crippen LogP contribution is 2.64. The number of aliphatic hydroxyl groups excluding tert-OH is 1. The van der Waals surface area contributed by atoms with Crippen LogP contribution in [0.15, 0.2) is 59.5 Å². The van der Waals surface area contributed by atoms with Crippen molar-refractivity contribution in [3.8, 4) is 0 Å². The lowest BCUT2D eigenvalue weighted by Crippen LogP contribution is -2.27. The highest BCUT2D eigenvalue weighted by Gasteiger charge is 2.75. The van der Waals surface area contributed by atoms with Gasteiger partial charge in [-0.3, -0.25) is 4.79 Å². The van der Waals surface area contributed by atoms with Gasteiger partial charge in [-0.1, -0.05) is 41.9 Å². The van der Waals surface area contributed by atoms with E-state index in [4.69, 9.17) is 11.6 Å². The largest absolute Gasteiger partial charge is 0.481 e. The summed E-state index contributed by atoms with van der Waals surface area (Å²) in [6.07, 6.45) is 0. The van der Waals surface area contributed by atoms with Crippen molar-refractivity contribution in [2.75, 3.05) is 6.61 Å². The molecule has 1 aliphatic rings.